The van der Waals surface area contributed by atoms with Crippen molar-refractivity contribution in [3.63, 3.8) is 0 Å². The third-order valence-corrected chi connectivity index (χ3v) is 6.44. The SMILES string of the molecule is C[C@]12C(=O)CC(=O)[C@]1(C)[C@@]1(C)C(=O)OC(=O)[C@]21C. The van der Waals surface area contributed by atoms with Crippen molar-refractivity contribution in [2.24, 2.45) is 21.7 Å². The van der Waals surface area contributed by atoms with Crippen molar-refractivity contribution < 1.29 is 23.9 Å². The Hall–Kier alpha value is -1.52. The number of carbonyl (C=O) groups excluding carboxylic acids is 4. The quantitative estimate of drug-likeness (QED) is 0.466. The van der Waals surface area contributed by atoms with Crippen LogP contribution >= 0.6 is 0 Å². The number of hydrogen-bond donors (Lipinski definition) is 0. The van der Waals surface area contributed by atoms with Crippen LogP contribution in [0.5, 0.6) is 0 Å². The molecule has 3 rings (SSSR count). The number of ether oxygens (including phenoxy) is 1. The maximum absolute atomic E-state index is 12.2. The van der Waals surface area contributed by atoms with E-state index in [1.807, 2.05) is 0 Å². The molecule has 2 saturated carbocycles. The first-order valence-electron chi connectivity index (χ1n) is 5.93. The van der Waals surface area contributed by atoms with E-state index in [0.29, 0.717) is 0 Å². The summed E-state index contributed by atoms with van der Waals surface area (Å²) < 4.78 is 4.74. The van der Waals surface area contributed by atoms with Crippen molar-refractivity contribution in [3.05, 3.63) is 0 Å². The maximum atomic E-state index is 12.2. The second kappa shape index (κ2) is 2.44. The normalized spacial score (nSPS) is 54.0. The Bertz CT molecular complexity index is 450. The van der Waals surface area contributed by atoms with Gasteiger partial charge in [-0.05, 0) is 13.8 Å². The van der Waals surface area contributed by atoms with E-state index in [1.54, 1.807) is 27.7 Å². The minimum absolute atomic E-state index is 0.196. The van der Waals surface area contributed by atoms with Gasteiger partial charge in [-0.1, -0.05) is 13.8 Å². The molecule has 0 spiro atoms. The van der Waals surface area contributed by atoms with Crippen LogP contribution < -0.4 is 0 Å². The zero-order chi connectivity index (χ0) is 13.7. The van der Waals surface area contributed by atoms with Gasteiger partial charge in [0.1, 0.15) is 11.6 Å². The van der Waals surface area contributed by atoms with Gasteiger partial charge in [0.15, 0.2) is 0 Å². The highest BCUT2D eigenvalue weighted by molar-refractivity contribution is 6.23. The zero-order valence-electron chi connectivity index (χ0n) is 10.7. The van der Waals surface area contributed by atoms with Crippen LogP contribution in [-0.4, -0.2) is 23.5 Å². The summed E-state index contributed by atoms with van der Waals surface area (Å²) >= 11 is 0. The summed E-state index contributed by atoms with van der Waals surface area (Å²) in [5.74, 6) is -1.89. The first-order chi connectivity index (χ1) is 8.10. The van der Waals surface area contributed by atoms with Gasteiger partial charge in [0.05, 0.1) is 28.1 Å². The lowest BCUT2D eigenvalue weighted by atomic mass is 9.27. The van der Waals surface area contributed by atoms with Crippen LogP contribution in [0.25, 0.3) is 0 Å². The molecule has 3 aliphatic rings. The van der Waals surface area contributed by atoms with E-state index in [9.17, 15) is 19.2 Å². The van der Waals surface area contributed by atoms with Crippen molar-refractivity contribution >= 4 is 23.5 Å². The molecule has 5 heteroatoms. The predicted molar refractivity (Wildman–Crippen MR) is 58.2 cm³/mol. The van der Waals surface area contributed by atoms with Gasteiger partial charge in [-0.2, -0.15) is 0 Å². The van der Waals surface area contributed by atoms with Gasteiger partial charge in [0, 0.05) is 0 Å². The lowest BCUT2D eigenvalue weighted by Gasteiger charge is -2.67. The van der Waals surface area contributed by atoms with E-state index in [0.717, 1.165) is 0 Å². The molecule has 0 N–H and O–H groups in total. The van der Waals surface area contributed by atoms with Crippen molar-refractivity contribution in [1.82, 2.24) is 0 Å². The van der Waals surface area contributed by atoms with Crippen LogP contribution in [0.15, 0.2) is 0 Å². The molecule has 1 saturated heterocycles. The number of hydrogen-bond acceptors (Lipinski definition) is 5. The van der Waals surface area contributed by atoms with Crippen LogP contribution in [0, 0.1) is 21.7 Å². The smallest absolute Gasteiger partial charge is 0.321 e. The van der Waals surface area contributed by atoms with E-state index in [1.165, 1.54) is 0 Å². The van der Waals surface area contributed by atoms with Gasteiger partial charge >= 0.3 is 11.9 Å². The van der Waals surface area contributed by atoms with Crippen molar-refractivity contribution in [2.45, 2.75) is 34.1 Å². The minimum atomic E-state index is -1.23. The molecule has 0 aromatic carbocycles. The third kappa shape index (κ3) is 0.595. The van der Waals surface area contributed by atoms with Crippen molar-refractivity contribution in [1.29, 1.82) is 0 Å². The molecule has 0 amide bonds. The van der Waals surface area contributed by atoms with Gasteiger partial charge in [0.25, 0.3) is 0 Å². The Labute approximate surface area is 104 Å². The molecule has 0 radical (unpaired) electrons. The topological polar surface area (TPSA) is 77.5 Å². The Morgan fingerprint density at radius 1 is 0.722 bits per heavy atom. The molecule has 18 heavy (non-hydrogen) atoms. The van der Waals surface area contributed by atoms with E-state index < -0.39 is 33.6 Å². The Morgan fingerprint density at radius 3 is 1.39 bits per heavy atom. The van der Waals surface area contributed by atoms with Crippen molar-refractivity contribution in [3.8, 4) is 0 Å². The molecule has 0 aromatic heterocycles. The molecule has 96 valence electrons. The fraction of sp³-hybridized carbons (Fsp3) is 0.692. The van der Waals surface area contributed by atoms with E-state index in [4.69, 9.17) is 4.74 Å². The third-order valence-electron chi connectivity index (χ3n) is 6.44. The van der Waals surface area contributed by atoms with Gasteiger partial charge in [-0.3, -0.25) is 19.2 Å². The summed E-state index contributed by atoms with van der Waals surface area (Å²) in [5, 5.41) is 0. The van der Waals surface area contributed by atoms with E-state index >= 15 is 0 Å². The summed E-state index contributed by atoms with van der Waals surface area (Å²) in [7, 11) is 0. The molecular formula is C13H14O5. The van der Waals surface area contributed by atoms with Crippen LogP contribution in [0.1, 0.15) is 34.1 Å². The average molecular weight is 250 g/mol. The molecule has 1 aliphatic heterocycles. The molecular weight excluding hydrogens is 236 g/mol. The number of Topliss-reactive ketones (excluding diaryl/α,β-unsaturated/α-hetero) is 2. The highest BCUT2D eigenvalue weighted by Crippen LogP contribution is 2.83. The molecule has 3 fully saturated rings. The van der Waals surface area contributed by atoms with Crippen LogP contribution in [0.3, 0.4) is 0 Å². The number of carbonyl (C=O) groups is 4. The molecule has 5 nitrogen and oxygen atoms in total. The van der Waals surface area contributed by atoms with Gasteiger partial charge in [-0.15, -0.1) is 0 Å². The number of ketones is 2. The summed E-state index contributed by atoms with van der Waals surface area (Å²) in [6.45, 7) is 6.36. The van der Waals surface area contributed by atoms with Crippen LogP contribution in [0.4, 0.5) is 0 Å². The predicted octanol–water partition coefficient (Wildman–Crippen LogP) is 0.651. The monoisotopic (exact) mass is 250 g/mol. The molecule has 4 atom stereocenters. The van der Waals surface area contributed by atoms with E-state index in [2.05, 4.69) is 0 Å². The average Bonchev–Trinajstić information content (AvgIpc) is 2.57. The number of esters is 2. The highest BCUT2D eigenvalue weighted by Gasteiger charge is 2.95. The first kappa shape index (κ1) is 11.6. The lowest BCUT2D eigenvalue weighted by Crippen LogP contribution is -2.77. The molecule has 0 unspecified atom stereocenters. The van der Waals surface area contributed by atoms with Gasteiger partial charge in [-0.25, -0.2) is 0 Å². The van der Waals surface area contributed by atoms with Gasteiger partial charge < -0.3 is 4.74 Å². The number of cyclic esters (lactones) is 2. The molecule has 1 heterocycles. The summed E-state index contributed by atoms with van der Waals surface area (Å²) in [6.07, 6.45) is -0.196. The summed E-state index contributed by atoms with van der Waals surface area (Å²) in [4.78, 5) is 48.4. The van der Waals surface area contributed by atoms with Crippen molar-refractivity contribution in [2.75, 3.05) is 0 Å². The molecule has 0 bridgehead atoms. The fourth-order valence-electron chi connectivity index (χ4n) is 4.66. The second-order valence-corrected chi connectivity index (χ2v) is 6.20. The summed E-state index contributed by atoms with van der Waals surface area (Å²) in [5.41, 5.74) is -4.71. The standard InChI is InChI=1S/C13H14O5/c1-10-6(14)5-7(15)11(10,2)13(4)9(17)18-8(16)12(10,13)3/h5H2,1-4H3/t10-,11-,12+,13+/m0/s1. The van der Waals surface area contributed by atoms with Crippen LogP contribution in [0.2, 0.25) is 0 Å². The van der Waals surface area contributed by atoms with Gasteiger partial charge in [0.2, 0.25) is 0 Å². The summed E-state index contributed by atoms with van der Waals surface area (Å²) in [6, 6.07) is 0. The molecule has 2 aliphatic carbocycles. The number of fused-ring (bicyclic) bond motifs is 4. The largest absolute Gasteiger partial charge is 0.392 e. The second-order valence-electron chi connectivity index (χ2n) is 6.20. The molecule has 0 aromatic rings. The lowest BCUT2D eigenvalue weighted by molar-refractivity contribution is -0.243. The minimum Gasteiger partial charge on any atom is -0.392 e. The zero-order valence-corrected chi connectivity index (χ0v) is 10.7. The van der Waals surface area contributed by atoms with Crippen LogP contribution in [-0.2, 0) is 23.9 Å². The Kier molecular flexibility index (Phi) is 1.57. The Balaban J connectivity index is 2.38. The number of rotatable bonds is 0. The maximum Gasteiger partial charge on any atom is 0.321 e. The fourth-order valence-corrected chi connectivity index (χ4v) is 4.66. The van der Waals surface area contributed by atoms with E-state index in [-0.39, 0.29) is 18.0 Å². The Morgan fingerprint density at radius 2 is 1.06 bits per heavy atom. The highest BCUT2D eigenvalue weighted by atomic mass is 16.6. The first-order valence-corrected chi connectivity index (χ1v) is 5.93.